The molecule has 0 aliphatic heterocycles. The highest BCUT2D eigenvalue weighted by Gasteiger charge is 2.13. The average Bonchev–Trinajstić information content (AvgIpc) is 2.40. The summed E-state index contributed by atoms with van der Waals surface area (Å²) in [6.07, 6.45) is 0.927. The van der Waals surface area contributed by atoms with Crippen molar-refractivity contribution in [3.63, 3.8) is 0 Å². The van der Waals surface area contributed by atoms with E-state index in [0.717, 1.165) is 23.3 Å². The fourth-order valence-corrected chi connectivity index (χ4v) is 2.25. The fraction of sp³-hybridized carbons (Fsp3) is 0.250. The van der Waals surface area contributed by atoms with Gasteiger partial charge in [0.1, 0.15) is 11.6 Å². The Morgan fingerprint density at radius 3 is 2.26 bits per heavy atom. The van der Waals surface area contributed by atoms with Crippen LogP contribution >= 0.6 is 0 Å². The van der Waals surface area contributed by atoms with Crippen LogP contribution in [0, 0.1) is 5.82 Å². The zero-order valence-electron chi connectivity index (χ0n) is 11.4. The molecule has 2 aromatic carbocycles. The predicted octanol–water partition coefficient (Wildman–Crippen LogP) is 4.54. The average molecular weight is 261 g/mol. The van der Waals surface area contributed by atoms with Crippen LogP contribution in [-0.4, -0.2) is 7.11 Å². The van der Waals surface area contributed by atoms with Crippen LogP contribution in [0.25, 0.3) is 0 Å². The van der Waals surface area contributed by atoms with E-state index in [4.69, 9.17) is 4.74 Å². The highest BCUT2D eigenvalue weighted by Crippen LogP contribution is 2.30. The Kier molecular flexibility index (Phi) is 5.52. The van der Waals surface area contributed by atoms with Crippen molar-refractivity contribution in [1.82, 2.24) is 6.15 Å². The minimum atomic E-state index is -0.186. The molecule has 0 heterocycles. The van der Waals surface area contributed by atoms with Gasteiger partial charge in [0.25, 0.3) is 0 Å². The summed E-state index contributed by atoms with van der Waals surface area (Å²) in [6.45, 7) is 2.11. The molecule has 19 heavy (non-hydrogen) atoms. The summed E-state index contributed by atoms with van der Waals surface area (Å²) >= 11 is 0. The Bertz CT molecular complexity index is 528. The minimum Gasteiger partial charge on any atom is -0.497 e. The predicted molar refractivity (Wildman–Crippen MR) is 76.6 cm³/mol. The molecule has 0 spiro atoms. The first kappa shape index (κ1) is 15.2. The van der Waals surface area contributed by atoms with Crippen molar-refractivity contribution in [3.05, 3.63) is 65.5 Å². The van der Waals surface area contributed by atoms with Crippen LogP contribution in [0.4, 0.5) is 4.39 Å². The molecule has 0 saturated carbocycles. The SMILES string of the molecule is CCC(c1cccc(F)c1)c1cccc(OC)c1.N. The lowest BCUT2D eigenvalue weighted by Crippen LogP contribution is -2.00. The number of methoxy groups -OCH3 is 1. The molecular weight excluding hydrogens is 241 g/mol. The molecule has 2 rings (SSSR count). The number of ether oxygens (including phenoxy) is 1. The van der Waals surface area contributed by atoms with Crippen molar-refractivity contribution in [2.24, 2.45) is 0 Å². The number of halogens is 1. The minimum absolute atomic E-state index is 0. The third kappa shape index (κ3) is 3.55. The Morgan fingerprint density at radius 1 is 1.05 bits per heavy atom. The highest BCUT2D eigenvalue weighted by atomic mass is 19.1. The summed E-state index contributed by atoms with van der Waals surface area (Å²) in [7, 11) is 1.66. The quantitative estimate of drug-likeness (QED) is 0.878. The van der Waals surface area contributed by atoms with Gasteiger partial charge in [-0.25, -0.2) is 4.39 Å². The summed E-state index contributed by atoms with van der Waals surface area (Å²) in [5.41, 5.74) is 2.16. The molecular formula is C16H20FNO. The van der Waals surface area contributed by atoms with Crippen LogP contribution in [0.1, 0.15) is 30.4 Å². The van der Waals surface area contributed by atoms with E-state index >= 15 is 0 Å². The van der Waals surface area contributed by atoms with Gasteiger partial charge >= 0.3 is 0 Å². The van der Waals surface area contributed by atoms with Crippen molar-refractivity contribution in [2.75, 3.05) is 7.11 Å². The lowest BCUT2D eigenvalue weighted by Gasteiger charge is -2.16. The van der Waals surface area contributed by atoms with Gasteiger partial charge in [-0.3, -0.25) is 0 Å². The molecule has 0 aliphatic rings. The third-order valence-electron chi connectivity index (χ3n) is 3.16. The first-order valence-corrected chi connectivity index (χ1v) is 6.14. The lowest BCUT2D eigenvalue weighted by molar-refractivity contribution is 0.414. The van der Waals surface area contributed by atoms with E-state index in [1.54, 1.807) is 19.2 Å². The van der Waals surface area contributed by atoms with Gasteiger partial charge in [-0.2, -0.15) is 0 Å². The van der Waals surface area contributed by atoms with E-state index in [0.29, 0.717) is 0 Å². The van der Waals surface area contributed by atoms with E-state index in [9.17, 15) is 4.39 Å². The normalized spacial score (nSPS) is 11.5. The van der Waals surface area contributed by atoms with Crippen molar-refractivity contribution in [2.45, 2.75) is 19.3 Å². The third-order valence-corrected chi connectivity index (χ3v) is 3.16. The fourth-order valence-electron chi connectivity index (χ4n) is 2.25. The van der Waals surface area contributed by atoms with Crippen LogP contribution in [0.15, 0.2) is 48.5 Å². The number of benzene rings is 2. The van der Waals surface area contributed by atoms with Crippen LogP contribution in [0.5, 0.6) is 5.75 Å². The van der Waals surface area contributed by atoms with E-state index in [2.05, 4.69) is 13.0 Å². The van der Waals surface area contributed by atoms with Gasteiger partial charge in [-0.15, -0.1) is 0 Å². The molecule has 0 amide bonds. The molecule has 3 heteroatoms. The summed E-state index contributed by atoms with van der Waals surface area (Å²) in [6, 6.07) is 14.8. The first-order valence-electron chi connectivity index (χ1n) is 6.14. The second-order valence-corrected chi connectivity index (χ2v) is 4.29. The number of hydrogen-bond acceptors (Lipinski definition) is 2. The summed E-state index contributed by atoms with van der Waals surface area (Å²) in [4.78, 5) is 0. The second kappa shape index (κ2) is 6.90. The van der Waals surface area contributed by atoms with Gasteiger partial charge in [-0.1, -0.05) is 31.2 Å². The van der Waals surface area contributed by atoms with Crippen LogP contribution in [0.3, 0.4) is 0 Å². The molecule has 2 nitrogen and oxygen atoms in total. The van der Waals surface area contributed by atoms with Gasteiger partial charge in [0.2, 0.25) is 0 Å². The van der Waals surface area contributed by atoms with Gasteiger partial charge in [0.15, 0.2) is 0 Å². The van der Waals surface area contributed by atoms with Crippen LogP contribution < -0.4 is 10.9 Å². The monoisotopic (exact) mass is 261 g/mol. The van der Waals surface area contributed by atoms with Gasteiger partial charge in [0, 0.05) is 5.92 Å². The summed E-state index contributed by atoms with van der Waals surface area (Å²) in [5, 5.41) is 0. The maximum absolute atomic E-state index is 13.3. The van der Waals surface area contributed by atoms with Crippen molar-refractivity contribution in [3.8, 4) is 5.75 Å². The molecule has 0 fully saturated rings. The van der Waals surface area contributed by atoms with Crippen molar-refractivity contribution < 1.29 is 9.13 Å². The molecule has 0 radical (unpaired) electrons. The van der Waals surface area contributed by atoms with E-state index in [1.165, 1.54) is 6.07 Å². The van der Waals surface area contributed by atoms with Crippen molar-refractivity contribution >= 4 is 0 Å². The molecule has 0 aliphatic carbocycles. The molecule has 0 aromatic heterocycles. The molecule has 3 N–H and O–H groups in total. The van der Waals surface area contributed by atoms with E-state index in [-0.39, 0.29) is 17.9 Å². The maximum atomic E-state index is 13.3. The molecule has 0 saturated heterocycles. The molecule has 102 valence electrons. The van der Waals surface area contributed by atoms with Crippen LogP contribution in [-0.2, 0) is 0 Å². The second-order valence-electron chi connectivity index (χ2n) is 4.29. The Labute approximate surface area is 113 Å². The standard InChI is InChI=1S/C16H17FO.H3N/c1-3-16(12-6-4-8-14(17)10-12)13-7-5-9-15(11-13)18-2;/h4-11,16H,3H2,1-2H3;1H3. The summed E-state index contributed by atoms with van der Waals surface area (Å²) < 4.78 is 18.5. The largest absolute Gasteiger partial charge is 0.497 e. The Balaban J connectivity index is 0.00000180. The lowest BCUT2D eigenvalue weighted by atomic mass is 9.89. The van der Waals surface area contributed by atoms with Gasteiger partial charge in [-0.05, 0) is 41.8 Å². The molecule has 0 bridgehead atoms. The Morgan fingerprint density at radius 2 is 1.68 bits per heavy atom. The van der Waals surface area contributed by atoms with E-state index < -0.39 is 0 Å². The zero-order valence-corrected chi connectivity index (χ0v) is 11.4. The van der Waals surface area contributed by atoms with Crippen molar-refractivity contribution in [1.29, 1.82) is 0 Å². The first-order chi connectivity index (χ1) is 8.74. The molecule has 1 atom stereocenters. The highest BCUT2D eigenvalue weighted by molar-refractivity contribution is 5.37. The molecule has 2 aromatic rings. The van der Waals surface area contributed by atoms with E-state index in [1.807, 2.05) is 24.3 Å². The summed E-state index contributed by atoms with van der Waals surface area (Å²) in [5.74, 6) is 0.854. The molecule has 1 unspecified atom stereocenters. The smallest absolute Gasteiger partial charge is 0.123 e. The van der Waals surface area contributed by atoms with Gasteiger partial charge < -0.3 is 10.9 Å². The number of rotatable bonds is 4. The van der Waals surface area contributed by atoms with Crippen LogP contribution in [0.2, 0.25) is 0 Å². The zero-order chi connectivity index (χ0) is 13.0. The Hall–Kier alpha value is -1.87. The number of hydrogen-bond donors (Lipinski definition) is 1. The topological polar surface area (TPSA) is 44.2 Å². The van der Waals surface area contributed by atoms with Gasteiger partial charge in [0.05, 0.1) is 7.11 Å². The maximum Gasteiger partial charge on any atom is 0.123 e.